The second-order valence-corrected chi connectivity index (χ2v) is 6.91. The summed E-state index contributed by atoms with van der Waals surface area (Å²) in [5, 5.41) is 4.32. The first kappa shape index (κ1) is 17.0. The van der Waals surface area contributed by atoms with Crippen molar-refractivity contribution in [2.45, 2.75) is 65.1 Å². The Balaban J connectivity index is 1.64. The number of benzene rings is 1. The van der Waals surface area contributed by atoms with Crippen LogP contribution in [0.25, 0.3) is 0 Å². The number of ether oxygens (including phenoxy) is 1. The molecule has 24 heavy (non-hydrogen) atoms. The van der Waals surface area contributed by atoms with Crippen molar-refractivity contribution in [2.24, 2.45) is 0 Å². The van der Waals surface area contributed by atoms with E-state index in [2.05, 4.69) is 47.3 Å². The number of aryl methyl sites for hydroxylation is 1. The van der Waals surface area contributed by atoms with E-state index in [0.717, 1.165) is 49.6 Å². The van der Waals surface area contributed by atoms with Crippen LogP contribution in [0.2, 0.25) is 0 Å². The van der Waals surface area contributed by atoms with Gasteiger partial charge >= 0.3 is 0 Å². The van der Waals surface area contributed by atoms with Crippen molar-refractivity contribution in [3.05, 3.63) is 47.3 Å². The molecule has 0 radical (unpaired) electrons. The van der Waals surface area contributed by atoms with Gasteiger partial charge in [0.05, 0.1) is 12.1 Å². The highest BCUT2D eigenvalue weighted by Crippen LogP contribution is 2.33. The van der Waals surface area contributed by atoms with Gasteiger partial charge in [-0.25, -0.2) is 0 Å². The molecule has 2 aromatic rings. The van der Waals surface area contributed by atoms with E-state index in [1.807, 2.05) is 13.8 Å². The van der Waals surface area contributed by atoms with Crippen molar-refractivity contribution in [2.75, 3.05) is 6.54 Å². The number of hydrogen-bond acceptors (Lipinski definition) is 4. The molecule has 0 bridgehead atoms. The zero-order valence-electron chi connectivity index (χ0n) is 15.0. The second-order valence-electron chi connectivity index (χ2n) is 6.91. The maximum Gasteiger partial charge on any atom is 0.137 e. The molecule has 3 rings (SSSR count). The molecule has 2 heterocycles. The van der Waals surface area contributed by atoms with Crippen LogP contribution in [0.4, 0.5) is 0 Å². The van der Waals surface area contributed by atoms with Gasteiger partial charge in [-0.3, -0.25) is 4.90 Å². The predicted molar refractivity (Wildman–Crippen MR) is 95.1 cm³/mol. The summed E-state index contributed by atoms with van der Waals surface area (Å²) in [7, 11) is 0. The van der Waals surface area contributed by atoms with Gasteiger partial charge in [0, 0.05) is 19.0 Å². The minimum absolute atomic E-state index is 0.211. The van der Waals surface area contributed by atoms with Crippen molar-refractivity contribution in [3.8, 4) is 5.75 Å². The third-order valence-electron chi connectivity index (χ3n) is 4.46. The maximum atomic E-state index is 5.72. The molecule has 130 valence electrons. The van der Waals surface area contributed by atoms with Crippen LogP contribution in [0.15, 0.2) is 34.9 Å². The Morgan fingerprint density at radius 3 is 2.79 bits per heavy atom. The Morgan fingerprint density at radius 2 is 2.08 bits per heavy atom. The molecule has 4 heteroatoms. The van der Waals surface area contributed by atoms with Crippen molar-refractivity contribution in [1.82, 2.24) is 10.1 Å². The molecule has 4 nitrogen and oxygen atoms in total. The van der Waals surface area contributed by atoms with E-state index in [-0.39, 0.29) is 6.10 Å². The topological polar surface area (TPSA) is 38.5 Å². The Kier molecular flexibility index (Phi) is 5.56. The van der Waals surface area contributed by atoms with Gasteiger partial charge in [0.2, 0.25) is 0 Å². The SMILES string of the molecule is CCCc1cc([C@H]2CCCN2Cc2ccc(OC(C)C)cc2)no1. The first-order chi connectivity index (χ1) is 11.7. The first-order valence-corrected chi connectivity index (χ1v) is 9.11. The Labute approximate surface area is 144 Å². The van der Waals surface area contributed by atoms with Gasteiger partial charge in [-0.15, -0.1) is 0 Å². The van der Waals surface area contributed by atoms with Gasteiger partial charge in [0.25, 0.3) is 0 Å². The molecule has 0 saturated carbocycles. The fraction of sp³-hybridized carbons (Fsp3) is 0.550. The summed E-state index contributed by atoms with van der Waals surface area (Å²) in [4.78, 5) is 2.51. The largest absolute Gasteiger partial charge is 0.491 e. The second kappa shape index (κ2) is 7.84. The van der Waals surface area contributed by atoms with E-state index >= 15 is 0 Å². The van der Waals surface area contributed by atoms with Gasteiger partial charge in [0.15, 0.2) is 0 Å². The molecule has 1 aliphatic heterocycles. The highest BCUT2D eigenvalue weighted by Gasteiger charge is 2.28. The van der Waals surface area contributed by atoms with Crippen molar-refractivity contribution in [1.29, 1.82) is 0 Å². The molecule has 1 aromatic carbocycles. The molecule has 0 unspecified atom stereocenters. The van der Waals surface area contributed by atoms with Crippen molar-refractivity contribution >= 4 is 0 Å². The van der Waals surface area contributed by atoms with Crippen LogP contribution in [-0.2, 0) is 13.0 Å². The van der Waals surface area contributed by atoms with Crippen LogP contribution >= 0.6 is 0 Å². The zero-order valence-corrected chi connectivity index (χ0v) is 15.0. The van der Waals surface area contributed by atoms with E-state index in [9.17, 15) is 0 Å². The normalized spacial score (nSPS) is 18.4. The molecule has 0 aliphatic carbocycles. The van der Waals surface area contributed by atoms with Crippen LogP contribution < -0.4 is 4.74 Å². The fourth-order valence-corrected chi connectivity index (χ4v) is 3.38. The monoisotopic (exact) mass is 328 g/mol. The number of nitrogens with zero attached hydrogens (tertiary/aromatic N) is 2. The summed E-state index contributed by atoms with van der Waals surface area (Å²) in [5.41, 5.74) is 2.41. The van der Waals surface area contributed by atoms with Crippen molar-refractivity contribution in [3.63, 3.8) is 0 Å². The van der Waals surface area contributed by atoms with Gasteiger partial charge in [-0.1, -0.05) is 24.2 Å². The van der Waals surface area contributed by atoms with Crippen LogP contribution in [0, 0.1) is 0 Å². The van der Waals surface area contributed by atoms with Gasteiger partial charge < -0.3 is 9.26 Å². The minimum atomic E-state index is 0.211. The molecule has 0 amide bonds. The third-order valence-corrected chi connectivity index (χ3v) is 4.46. The Morgan fingerprint density at radius 1 is 1.29 bits per heavy atom. The van der Waals surface area contributed by atoms with E-state index in [0.29, 0.717) is 6.04 Å². The fourth-order valence-electron chi connectivity index (χ4n) is 3.38. The Bertz CT molecular complexity index is 633. The molecule has 0 N–H and O–H groups in total. The third kappa shape index (κ3) is 4.18. The standard InChI is InChI=1S/C20H28N2O2/c1-4-6-18-13-19(21-24-18)20-7-5-12-22(20)14-16-8-10-17(11-9-16)23-15(2)3/h8-11,13,15,20H,4-7,12,14H2,1-3H3/t20-/m1/s1. The molecule has 1 aliphatic rings. The van der Waals surface area contributed by atoms with Crippen LogP contribution in [0.3, 0.4) is 0 Å². The first-order valence-electron chi connectivity index (χ1n) is 9.11. The number of rotatable bonds is 7. The van der Waals surface area contributed by atoms with Crippen LogP contribution in [0.5, 0.6) is 5.75 Å². The number of hydrogen-bond donors (Lipinski definition) is 0. The van der Waals surface area contributed by atoms with E-state index in [1.54, 1.807) is 0 Å². The lowest BCUT2D eigenvalue weighted by atomic mass is 10.1. The highest BCUT2D eigenvalue weighted by atomic mass is 16.5. The lowest BCUT2D eigenvalue weighted by Gasteiger charge is -2.22. The Hall–Kier alpha value is -1.81. The predicted octanol–water partition coefficient (Wildman–Crippen LogP) is 4.75. The molecule has 1 fully saturated rings. The highest BCUT2D eigenvalue weighted by molar-refractivity contribution is 5.27. The number of aromatic nitrogens is 1. The summed E-state index contributed by atoms with van der Waals surface area (Å²) in [6.45, 7) is 8.32. The average Bonchev–Trinajstić information content (AvgIpc) is 3.18. The summed E-state index contributed by atoms with van der Waals surface area (Å²) < 4.78 is 11.2. The quantitative estimate of drug-likeness (QED) is 0.735. The van der Waals surface area contributed by atoms with Crippen LogP contribution in [-0.4, -0.2) is 22.7 Å². The lowest BCUT2D eigenvalue weighted by molar-refractivity contribution is 0.234. The minimum Gasteiger partial charge on any atom is -0.491 e. The lowest BCUT2D eigenvalue weighted by Crippen LogP contribution is -2.23. The van der Waals surface area contributed by atoms with Gasteiger partial charge in [-0.05, 0) is 57.4 Å². The van der Waals surface area contributed by atoms with Gasteiger partial charge in [-0.2, -0.15) is 0 Å². The zero-order chi connectivity index (χ0) is 16.9. The maximum absolute atomic E-state index is 5.72. The summed E-state index contributed by atoms with van der Waals surface area (Å²) >= 11 is 0. The van der Waals surface area contributed by atoms with Crippen molar-refractivity contribution < 1.29 is 9.26 Å². The summed E-state index contributed by atoms with van der Waals surface area (Å²) in [6, 6.07) is 11.0. The molecular formula is C20H28N2O2. The average molecular weight is 328 g/mol. The van der Waals surface area contributed by atoms with Gasteiger partial charge in [0.1, 0.15) is 17.2 Å². The molecule has 1 atom stereocenters. The van der Waals surface area contributed by atoms with Crippen LogP contribution in [0.1, 0.15) is 63.1 Å². The van der Waals surface area contributed by atoms with E-state index in [1.165, 1.54) is 12.0 Å². The summed E-state index contributed by atoms with van der Waals surface area (Å²) in [5.74, 6) is 1.95. The van der Waals surface area contributed by atoms with E-state index < -0.39 is 0 Å². The summed E-state index contributed by atoms with van der Waals surface area (Å²) in [6.07, 6.45) is 4.65. The smallest absolute Gasteiger partial charge is 0.137 e. The molecule has 0 spiro atoms. The number of likely N-dealkylation sites (tertiary alicyclic amines) is 1. The van der Waals surface area contributed by atoms with E-state index in [4.69, 9.17) is 9.26 Å². The molecule has 1 saturated heterocycles. The molecular weight excluding hydrogens is 300 g/mol. The molecule has 1 aromatic heterocycles.